The first kappa shape index (κ1) is 13.2. The molecular weight excluding hydrogens is 184 g/mol. The molecular formula is C9H20N2O3. The van der Waals surface area contributed by atoms with Crippen LogP contribution in [0, 0.1) is 0 Å². The molecule has 0 radical (unpaired) electrons. The molecule has 0 atom stereocenters. The van der Waals surface area contributed by atoms with Gasteiger partial charge in [-0.1, -0.05) is 0 Å². The van der Waals surface area contributed by atoms with Crippen molar-refractivity contribution in [2.24, 2.45) is 0 Å². The molecule has 0 saturated heterocycles. The number of carbonyl (C=O) groups excluding carboxylic acids is 1. The molecule has 0 heterocycles. The third-order valence-corrected chi connectivity index (χ3v) is 1.41. The number of hydrogen-bond acceptors (Lipinski definition) is 3. The second kappa shape index (κ2) is 8.77. The summed E-state index contributed by atoms with van der Waals surface area (Å²) >= 11 is 0. The van der Waals surface area contributed by atoms with E-state index >= 15 is 0 Å². The van der Waals surface area contributed by atoms with Crippen LogP contribution < -0.4 is 10.6 Å². The molecule has 0 unspecified atom stereocenters. The van der Waals surface area contributed by atoms with E-state index in [2.05, 4.69) is 10.6 Å². The number of aliphatic hydroxyl groups excluding tert-OH is 1. The largest absolute Gasteiger partial charge is 0.394 e. The van der Waals surface area contributed by atoms with E-state index in [9.17, 15) is 4.79 Å². The van der Waals surface area contributed by atoms with Gasteiger partial charge in [-0.25, -0.2) is 4.79 Å². The van der Waals surface area contributed by atoms with Gasteiger partial charge in [-0.15, -0.1) is 0 Å². The van der Waals surface area contributed by atoms with Gasteiger partial charge in [0.05, 0.1) is 13.2 Å². The average molecular weight is 204 g/mol. The molecule has 84 valence electrons. The smallest absolute Gasteiger partial charge is 0.314 e. The molecule has 5 heteroatoms. The summed E-state index contributed by atoms with van der Waals surface area (Å²) in [6.07, 6.45) is 0.755. The van der Waals surface area contributed by atoms with Crippen molar-refractivity contribution in [1.82, 2.24) is 10.6 Å². The molecule has 0 spiro atoms. The minimum absolute atomic E-state index is 0.0429. The fourth-order valence-corrected chi connectivity index (χ4v) is 0.856. The van der Waals surface area contributed by atoms with Crippen molar-refractivity contribution in [3.05, 3.63) is 0 Å². The van der Waals surface area contributed by atoms with Crippen molar-refractivity contribution in [2.75, 3.05) is 26.4 Å². The second-order valence-electron chi connectivity index (χ2n) is 3.24. The van der Waals surface area contributed by atoms with Crippen LogP contribution >= 0.6 is 0 Å². The van der Waals surface area contributed by atoms with Gasteiger partial charge in [0.1, 0.15) is 0 Å². The summed E-state index contributed by atoms with van der Waals surface area (Å²) < 4.78 is 5.02. The quantitative estimate of drug-likeness (QED) is 0.515. The lowest BCUT2D eigenvalue weighted by molar-refractivity contribution is 0.0909. The van der Waals surface area contributed by atoms with Crippen LogP contribution in [0.4, 0.5) is 4.79 Å². The molecule has 0 aliphatic heterocycles. The first-order valence-corrected chi connectivity index (χ1v) is 4.89. The Hall–Kier alpha value is -0.810. The Bertz CT molecular complexity index is 151. The van der Waals surface area contributed by atoms with E-state index < -0.39 is 0 Å². The van der Waals surface area contributed by atoms with Crippen molar-refractivity contribution in [1.29, 1.82) is 0 Å². The molecule has 0 rings (SSSR count). The van der Waals surface area contributed by atoms with Crippen LogP contribution in [0.25, 0.3) is 0 Å². The van der Waals surface area contributed by atoms with Crippen LogP contribution in [0.2, 0.25) is 0 Å². The van der Waals surface area contributed by atoms with Gasteiger partial charge in [-0.2, -0.15) is 0 Å². The van der Waals surface area contributed by atoms with E-state index in [0.717, 1.165) is 6.42 Å². The highest BCUT2D eigenvalue weighted by atomic mass is 16.5. The number of amides is 2. The van der Waals surface area contributed by atoms with E-state index in [1.807, 2.05) is 13.8 Å². The fraction of sp³-hybridized carbons (Fsp3) is 0.889. The summed E-state index contributed by atoms with van der Waals surface area (Å²) in [5.74, 6) is 0. The molecule has 0 aromatic rings. The Morgan fingerprint density at radius 1 is 1.43 bits per heavy atom. The minimum Gasteiger partial charge on any atom is -0.394 e. The summed E-state index contributed by atoms with van der Waals surface area (Å²) in [5, 5.41) is 13.8. The monoisotopic (exact) mass is 204 g/mol. The molecule has 0 fully saturated rings. The average Bonchev–Trinajstić information content (AvgIpc) is 2.10. The van der Waals surface area contributed by atoms with Crippen LogP contribution in [-0.4, -0.2) is 43.5 Å². The lowest BCUT2D eigenvalue weighted by Gasteiger charge is -2.09. The molecule has 0 saturated carbocycles. The predicted octanol–water partition coefficient (Wildman–Crippen LogP) is 0.0930. The number of ether oxygens (including phenoxy) is 1. The lowest BCUT2D eigenvalue weighted by Crippen LogP contribution is -2.40. The highest BCUT2D eigenvalue weighted by Gasteiger charge is 2.00. The Morgan fingerprint density at radius 2 is 2.14 bits per heavy atom. The van der Waals surface area contributed by atoms with Gasteiger partial charge in [0.2, 0.25) is 0 Å². The topological polar surface area (TPSA) is 70.6 Å². The van der Waals surface area contributed by atoms with Crippen molar-refractivity contribution in [2.45, 2.75) is 26.3 Å². The molecule has 0 aliphatic carbocycles. The maximum absolute atomic E-state index is 11.0. The van der Waals surface area contributed by atoms with Crippen molar-refractivity contribution in [3.63, 3.8) is 0 Å². The zero-order chi connectivity index (χ0) is 10.8. The van der Waals surface area contributed by atoms with Crippen LogP contribution in [-0.2, 0) is 4.74 Å². The Kier molecular flexibility index (Phi) is 8.27. The standard InChI is InChI=1S/C9H20N2O3/c1-8(2)11-9(13)10-4-3-6-14-7-5-12/h8,12H,3-7H2,1-2H3,(H2,10,11,13). The molecule has 0 aliphatic rings. The van der Waals surface area contributed by atoms with Crippen LogP contribution in [0.5, 0.6) is 0 Å². The Balaban J connectivity index is 3.15. The summed E-state index contributed by atoms with van der Waals surface area (Å²) in [5.41, 5.74) is 0. The molecule has 0 aromatic heterocycles. The summed E-state index contributed by atoms with van der Waals surface area (Å²) in [6, 6.07) is 0.00259. The fourth-order valence-electron chi connectivity index (χ4n) is 0.856. The van der Waals surface area contributed by atoms with Crippen LogP contribution in [0.3, 0.4) is 0 Å². The van der Waals surface area contributed by atoms with Crippen molar-refractivity contribution in [3.8, 4) is 0 Å². The molecule has 5 nitrogen and oxygen atoms in total. The number of rotatable bonds is 7. The van der Waals surface area contributed by atoms with E-state index in [1.54, 1.807) is 0 Å². The second-order valence-corrected chi connectivity index (χ2v) is 3.24. The summed E-state index contributed by atoms with van der Waals surface area (Å²) in [7, 11) is 0. The highest BCUT2D eigenvalue weighted by Crippen LogP contribution is 1.81. The van der Waals surface area contributed by atoms with Gasteiger partial charge in [0.15, 0.2) is 0 Å². The third kappa shape index (κ3) is 9.28. The molecule has 0 bridgehead atoms. The lowest BCUT2D eigenvalue weighted by atomic mass is 10.4. The Morgan fingerprint density at radius 3 is 2.71 bits per heavy atom. The van der Waals surface area contributed by atoms with Crippen LogP contribution in [0.15, 0.2) is 0 Å². The highest BCUT2D eigenvalue weighted by molar-refractivity contribution is 5.73. The van der Waals surface area contributed by atoms with E-state index in [4.69, 9.17) is 9.84 Å². The predicted molar refractivity (Wildman–Crippen MR) is 54.2 cm³/mol. The number of hydrogen-bond donors (Lipinski definition) is 3. The number of nitrogens with one attached hydrogen (secondary N) is 2. The maximum Gasteiger partial charge on any atom is 0.314 e. The zero-order valence-electron chi connectivity index (χ0n) is 8.88. The van der Waals surface area contributed by atoms with E-state index in [-0.39, 0.29) is 18.7 Å². The van der Waals surface area contributed by atoms with Gasteiger partial charge in [0, 0.05) is 19.2 Å². The van der Waals surface area contributed by atoms with Gasteiger partial charge in [-0.05, 0) is 20.3 Å². The van der Waals surface area contributed by atoms with Gasteiger partial charge in [-0.3, -0.25) is 0 Å². The SMILES string of the molecule is CC(C)NC(=O)NCCCOCCO. The normalized spacial score (nSPS) is 10.3. The number of carbonyl (C=O) groups is 1. The molecule has 14 heavy (non-hydrogen) atoms. The minimum atomic E-state index is -0.151. The first-order chi connectivity index (χ1) is 6.66. The van der Waals surface area contributed by atoms with E-state index in [0.29, 0.717) is 19.8 Å². The van der Waals surface area contributed by atoms with Crippen molar-refractivity contribution < 1.29 is 14.6 Å². The van der Waals surface area contributed by atoms with Gasteiger partial charge in [0.25, 0.3) is 0 Å². The third-order valence-electron chi connectivity index (χ3n) is 1.41. The summed E-state index contributed by atoms with van der Waals surface area (Å²) in [4.78, 5) is 11.0. The molecule has 0 aromatic carbocycles. The summed E-state index contributed by atoms with van der Waals surface area (Å²) in [6.45, 7) is 5.36. The van der Waals surface area contributed by atoms with Crippen molar-refractivity contribution >= 4 is 6.03 Å². The zero-order valence-corrected chi connectivity index (χ0v) is 8.88. The Labute approximate surface area is 84.8 Å². The van der Waals surface area contributed by atoms with Crippen LogP contribution in [0.1, 0.15) is 20.3 Å². The van der Waals surface area contributed by atoms with Gasteiger partial charge < -0.3 is 20.5 Å². The molecule has 2 amide bonds. The first-order valence-electron chi connectivity index (χ1n) is 4.89. The number of urea groups is 1. The molecule has 3 N–H and O–H groups in total. The number of aliphatic hydroxyl groups is 1. The van der Waals surface area contributed by atoms with E-state index in [1.165, 1.54) is 0 Å². The maximum atomic E-state index is 11.0. The van der Waals surface area contributed by atoms with Gasteiger partial charge >= 0.3 is 6.03 Å².